The van der Waals surface area contributed by atoms with E-state index in [1.54, 1.807) is 0 Å². The number of carbonyl (C=O) groups is 2. The molecule has 0 unspecified atom stereocenters. The first-order chi connectivity index (χ1) is 14.1. The van der Waals surface area contributed by atoms with E-state index in [-0.39, 0.29) is 12.4 Å². The standard InChI is InChI=1S/C25H25NO3/c1-19-16-22(17-23(27)14-12-20-8-4-2-5-9-20)13-15-24(19)26-25(28)29-18-21-10-6-3-7-11-21/h2-11,13,15-16H,12,14,17-18H2,1H3,(H,26,28). The smallest absolute Gasteiger partial charge is 0.411 e. The highest BCUT2D eigenvalue weighted by Gasteiger charge is 2.09. The zero-order valence-electron chi connectivity index (χ0n) is 16.6. The first-order valence-electron chi connectivity index (χ1n) is 9.73. The maximum absolute atomic E-state index is 12.3. The van der Waals surface area contributed by atoms with Crippen LogP contribution in [-0.4, -0.2) is 11.9 Å². The van der Waals surface area contributed by atoms with Crippen LogP contribution in [0.2, 0.25) is 0 Å². The van der Waals surface area contributed by atoms with E-state index in [4.69, 9.17) is 4.74 Å². The van der Waals surface area contributed by atoms with Gasteiger partial charge in [0, 0.05) is 18.5 Å². The van der Waals surface area contributed by atoms with Crippen molar-refractivity contribution in [2.75, 3.05) is 5.32 Å². The molecule has 1 amide bonds. The number of carbonyl (C=O) groups excluding carboxylic acids is 2. The van der Waals surface area contributed by atoms with Crippen molar-refractivity contribution >= 4 is 17.6 Å². The summed E-state index contributed by atoms with van der Waals surface area (Å²) in [5, 5.41) is 2.76. The topological polar surface area (TPSA) is 55.4 Å². The lowest BCUT2D eigenvalue weighted by Gasteiger charge is -2.11. The Morgan fingerprint density at radius 3 is 2.14 bits per heavy atom. The Morgan fingerprint density at radius 2 is 1.48 bits per heavy atom. The second-order valence-electron chi connectivity index (χ2n) is 7.04. The molecule has 0 aliphatic rings. The molecule has 0 bridgehead atoms. The Kier molecular flexibility index (Phi) is 7.17. The molecule has 3 aromatic rings. The van der Waals surface area contributed by atoms with Crippen molar-refractivity contribution in [3.8, 4) is 0 Å². The van der Waals surface area contributed by atoms with Crippen LogP contribution in [0.5, 0.6) is 0 Å². The monoisotopic (exact) mass is 387 g/mol. The first kappa shape index (κ1) is 20.3. The van der Waals surface area contributed by atoms with Crippen molar-refractivity contribution in [1.29, 1.82) is 0 Å². The van der Waals surface area contributed by atoms with Crippen LogP contribution in [0, 0.1) is 6.92 Å². The number of rotatable bonds is 8. The van der Waals surface area contributed by atoms with Crippen molar-refractivity contribution in [3.63, 3.8) is 0 Å². The third kappa shape index (κ3) is 6.61. The van der Waals surface area contributed by atoms with Crippen molar-refractivity contribution in [3.05, 3.63) is 101 Å². The summed E-state index contributed by atoms with van der Waals surface area (Å²) in [7, 11) is 0. The quantitative estimate of drug-likeness (QED) is 0.556. The van der Waals surface area contributed by atoms with Gasteiger partial charge in [0.2, 0.25) is 0 Å². The first-order valence-corrected chi connectivity index (χ1v) is 9.73. The molecule has 4 heteroatoms. The van der Waals surface area contributed by atoms with Gasteiger partial charge in [0.25, 0.3) is 0 Å². The molecule has 0 radical (unpaired) electrons. The van der Waals surface area contributed by atoms with Crippen LogP contribution in [-0.2, 0) is 29.0 Å². The summed E-state index contributed by atoms with van der Waals surface area (Å²) >= 11 is 0. The van der Waals surface area contributed by atoms with E-state index < -0.39 is 6.09 Å². The summed E-state index contributed by atoms with van der Waals surface area (Å²) in [4.78, 5) is 24.3. The number of benzene rings is 3. The summed E-state index contributed by atoms with van der Waals surface area (Å²) in [6.45, 7) is 2.13. The minimum Gasteiger partial charge on any atom is -0.444 e. The van der Waals surface area contributed by atoms with Crippen molar-refractivity contribution in [2.45, 2.75) is 32.8 Å². The molecule has 0 saturated carbocycles. The molecule has 0 aliphatic heterocycles. The zero-order chi connectivity index (χ0) is 20.5. The van der Waals surface area contributed by atoms with E-state index in [2.05, 4.69) is 5.32 Å². The summed E-state index contributed by atoms with van der Waals surface area (Å²) < 4.78 is 5.25. The second-order valence-corrected chi connectivity index (χ2v) is 7.04. The van der Waals surface area contributed by atoms with Gasteiger partial charge in [-0.25, -0.2) is 4.79 Å². The molecular weight excluding hydrogens is 362 g/mol. The van der Waals surface area contributed by atoms with Gasteiger partial charge in [-0.05, 0) is 41.7 Å². The number of hydrogen-bond acceptors (Lipinski definition) is 3. The molecule has 3 rings (SSSR count). The number of hydrogen-bond donors (Lipinski definition) is 1. The third-order valence-corrected chi connectivity index (χ3v) is 4.68. The van der Waals surface area contributed by atoms with Crippen LogP contribution in [0.25, 0.3) is 0 Å². The van der Waals surface area contributed by atoms with Crippen LogP contribution < -0.4 is 5.32 Å². The normalized spacial score (nSPS) is 10.4. The minimum atomic E-state index is -0.497. The molecule has 0 aromatic heterocycles. The van der Waals surface area contributed by atoms with E-state index in [0.717, 1.165) is 23.1 Å². The minimum absolute atomic E-state index is 0.205. The molecule has 0 saturated heterocycles. The summed E-state index contributed by atoms with van der Waals surface area (Å²) in [6.07, 6.45) is 1.18. The third-order valence-electron chi connectivity index (χ3n) is 4.68. The molecule has 29 heavy (non-hydrogen) atoms. The lowest BCUT2D eigenvalue weighted by atomic mass is 10.0. The van der Waals surface area contributed by atoms with Crippen molar-refractivity contribution < 1.29 is 14.3 Å². The fourth-order valence-electron chi connectivity index (χ4n) is 3.09. The Morgan fingerprint density at radius 1 is 0.828 bits per heavy atom. The van der Waals surface area contributed by atoms with Gasteiger partial charge >= 0.3 is 6.09 Å². The van der Waals surface area contributed by atoms with Gasteiger partial charge in [-0.15, -0.1) is 0 Å². The van der Waals surface area contributed by atoms with Gasteiger partial charge < -0.3 is 4.74 Å². The number of amides is 1. The van der Waals surface area contributed by atoms with Crippen LogP contribution in [0.3, 0.4) is 0 Å². The number of anilines is 1. The number of ether oxygens (including phenoxy) is 1. The second kappa shape index (κ2) is 10.2. The molecule has 0 heterocycles. The highest BCUT2D eigenvalue weighted by molar-refractivity contribution is 5.86. The van der Waals surface area contributed by atoms with Gasteiger partial charge in [0.1, 0.15) is 12.4 Å². The SMILES string of the molecule is Cc1cc(CC(=O)CCc2ccccc2)ccc1NC(=O)OCc1ccccc1. The van der Waals surface area contributed by atoms with Crippen LogP contribution >= 0.6 is 0 Å². The van der Waals surface area contributed by atoms with Gasteiger partial charge in [-0.3, -0.25) is 10.1 Å². The number of Topliss-reactive ketones (excluding diaryl/α,β-unsaturated/α-hetero) is 1. The maximum atomic E-state index is 12.3. The molecule has 3 aromatic carbocycles. The van der Waals surface area contributed by atoms with Gasteiger partial charge in [0.05, 0.1) is 0 Å². The van der Waals surface area contributed by atoms with Crippen molar-refractivity contribution in [2.24, 2.45) is 0 Å². The van der Waals surface area contributed by atoms with Crippen molar-refractivity contribution in [1.82, 2.24) is 0 Å². The van der Waals surface area contributed by atoms with E-state index >= 15 is 0 Å². The maximum Gasteiger partial charge on any atom is 0.411 e. The largest absolute Gasteiger partial charge is 0.444 e. The Hall–Kier alpha value is -3.40. The molecule has 0 fully saturated rings. The number of ketones is 1. The summed E-state index contributed by atoms with van der Waals surface area (Å²) in [5.41, 5.74) is 4.64. The Labute approximate surface area is 171 Å². The van der Waals surface area contributed by atoms with E-state index in [0.29, 0.717) is 18.5 Å². The number of aryl methyl sites for hydroxylation is 2. The molecule has 4 nitrogen and oxygen atoms in total. The molecule has 148 valence electrons. The summed E-state index contributed by atoms with van der Waals surface area (Å²) in [6, 6.07) is 25.2. The summed E-state index contributed by atoms with van der Waals surface area (Å²) in [5.74, 6) is 0.205. The highest BCUT2D eigenvalue weighted by atomic mass is 16.5. The fraction of sp³-hybridized carbons (Fsp3) is 0.200. The highest BCUT2D eigenvalue weighted by Crippen LogP contribution is 2.18. The molecule has 1 N–H and O–H groups in total. The van der Waals surface area contributed by atoms with Crippen LogP contribution in [0.1, 0.15) is 28.7 Å². The van der Waals surface area contributed by atoms with E-state index in [1.807, 2.05) is 85.8 Å². The Bertz CT molecular complexity index is 952. The van der Waals surface area contributed by atoms with E-state index in [1.165, 1.54) is 5.56 Å². The fourth-order valence-corrected chi connectivity index (χ4v) is 3.09. The predicted octanol–water partition coefficient (Wildman–Crippen LogP) is 5.49. The van der Waals surface area contributed by atoms with Gasteiger partial charge in [0.15, 0.2) is 0 Å². The van der Waals surface area contributed by atoms with Crippen LogP contribution in [0.4, 0.5) is 10.5 Å². The van der Waals surface area contributed by atoms with Gasteiger partial charge in [-0.2, -0.15) is 0 Å². The Balaban J connectivity index is 1.48. The predicted molar refractivity (Wildman–Crippen MR) is 115 cm³/mol. The lowest BCUT2D eigenvalue weighted by molar-refractivity contribution is -0.118. The average molecular weight is 387 g/mol. The molecule has 0 spiro atoms. The molecule has 0 atom stereocenters. The molecular formula is C25H25NO3. The molecule has 0 aliphatic carbocycles. The number of nitrogens with one attached hydrogen (secondary N) is 1. The zero-order valence-corrected chi connectivity index (χ0v) is 16.6. The van der Waals surface area contributed by atoms with E-state index in [9.17, 15) is 9.59 Å². The average Bonchev–Trinajstić information content (AvgIpc) is 2.74. The van der Waals surface area contributed by atoms with Gasteiger partial charge in [-0.1, -0.05) is 72.8 Å². The lowest BCUT2D eigenvalue weighted by Crippen LogP contribution is -2.14. The van der Waals surface area contributed by atoms with Crippen LogP contribution in [0.15, 0.2) is 78.9 Å².